The van der Waals surface area contributed by atoms with Crippen LogP contribution < -0.4 is 5.73 Å². The maximum atomic E-state index is 5.75. The molecule has 3 heteroatoms. The average molecular weight is 251 g/mol. The summed E-state index contributed by atoms with van der Waals surface area (Å²) in [6.45, 7) is 4.74. The second-order valence-corrected chi connectivity index (χ2v) is 4.90. The molecule has 0 amide bonds. The van der Waals surface area contributed by atoms with Crippen molar-refractivity contribution in [2.75, 3.05) is 0 Å². The van der Waals surface area contributed by atoms with Crippen LogP contribution in [0.15, 0.2) is 36.4 Å². The Kier molecular flexibility index (Phi) is 2.84. The van der Waals surface area contributed by atoms with Crippen LogP contribution in [0.2, 0.25) is 0 Å². The third-order valence-corrected chi connectivity index (χ3v) is 3.60. The van der Waals surface area contributed by atoms with E-state index in [4.69, 9.17) is 5.73 Å². The molecule has 0 radical (unpaired) electrons. The number of nitrogens with zero attached hydrogens (tertiary/aromatic N) is 1. The maximum absolute atomic E-state index is 5.75. The highest BCUT2D eigenvalue weighted by Crippen LogP contribution is 2.24. The highest BCUT2D eigenvalue weighted by Gasteiger charge is 2.08. The van der Waals surface area contributed by atoms with Crippen molar-refractivity contribution in [2.24, 2.45) is 5.73 Å². The lowest BCUT2D eigenvalue weighted by Crippen LogP contribution is -1.96. The largest absolute Gasteiger partial charge is 0.338 e. The number of aromatic amines is 1. The van der Waals surface area contributed by atoms with Gasteiger partial charge in [0.2, 0.25) is 0 Å². The average Bonchev–Trinajstić information content (AvgIpc) is 2.85. The Morgan fingerprint density at radius 3 is 2.68 bits per heavy atom. The first-order valence-electron chi connectivity index (χ1n) is 6.44. The van der Waals surface area contributed by atoms with Gasteiger partial charge < -0.3 is 10.7 Å². The molecule has 0 aliphatic heterocycles. The fraction of sp³-hybridized carbons (Fsp3) is 0.188. The molecule has 0 saturated carbocycles. The van der Waals surface area contributed by atoms with Gasteiger partial charge in [-0.3, -0.25) is 0 Å². The Morgan fingerprint density at radius 2 is 1.95 bits per heavy atom. The van der Waals surface area contributed by atoms with Gasteiger partial charge in [0.15, 0.2) is 0 Å². The lowest BCUT2D eigenvalue weighted by Gasteiger charge is -2.02. The van der Waals surface area contributed by atoms with Gasteiger partial charge in [-0.2, -0.15) is 0 Å². The zero-order valence-corrected chi connectivity index (χ0v) is 11.2. The molecule has 19 heavy (non-hydrogen) atoms. The Labute approximate surface area is 112 Å². The first-order chi connectivity index (χ1) is 9.19. The van der Waals surface area contributed by atoms with Crippen LogP contribution in [0, 0.1) is 13.8 Å². The number of aromatic nitrogens is 2. The van der Waals surface area contributed by atoms with Crippen LogP contribution in [-0.2, 0) is 6.54 Å². The van der Waals surface area contributed by atoms with Crippen LogP contribution in [0.5, 0.6) is 0 Å². The molecule has 0 aliphatic carbocycles. The fourth-order valence-corrected chi connectivity index (χ4v) is 2.28. The molecule has 0 saturated heterocycles. The van der Waals surface area contributed by atoms with Gasteiger partial charge in [0.25, 0.3) is 0 Å². The van der Waals surface area contributed by atoms with E-state index >= 15 is 0 Å². The van der Waals surface area contributed by atoms with Crippen LogP contribution in [0.25, 0.3) is 22.4 Å². The summed E-state index contributed by atoms with van der Waals surface area (Å²) in [5, 5.41) is 0. The standard InChI is InChI=1S/C16H17N3/c1-10-6-7-12(8-11(10)2)16-18-14-5-3-4-13(9-17)15(14)19-16/h3-8H,9,17H2,1-2H3,(H,18,19). The minimum atomic E-state index is 0.508. The minimum Gasteiger partial charge on any atom is -0.338 e. The van der Waals surface area contributed by atoms with Crippen LogP contribution in [0.3, 0.4) is 0 Å². The number of benzene rings is 2. The van der Waals surface area contributed by atoms with E-state index in [1.807, 2.05) is 18.2 Å². The predicted molar refractivity (Wildman–Crippen MR) is 78.9 cm³/mol. The number of hydrogen-bond acceptors (Lipinski definition) is 2. The Balaban J connectivity index is 2.17. The highest BCUT2D eigenvalue weighted by molar-refractivity contribution is 5.82. The SMILES string of the molecule is Cc1ccc(-c2nc3c(CN)cccc3[nH]2)cc1C. The second kappa shape index (κ2) is 4.52. The number of fused-ring (bicyclic) bond motifs is 1. The Morgan fingerprint density at radius 1 is 1.11 bits per heavy atom. The van der Waals surface area contributed by atoms with Crippen LogP contribution >= 0.6 is 0 Å². The molecule has 0 aliphatic rings. The van der Waals surface area contributed by atoms with E-state index in [2.05, 4.69) is 42.0 Å². The number of H-pyrrole nitrogens is 1. The molecule has 3 aromatic rings. The Bertz CT molecular complexity index is 741. The molecule has 3 rings (SSSR count). The molecular weight excluding hydrogens is 234 g/mol. The normalized spacial score (nSPS) is 11.1. The van der Waals surface area contributed by atoms with E-state index in [9.17, 15) is 0 Å². The minimum absolute atomic E-state index is 0.508. The predicted octanol–water partition coefficient (Wildman–Crippen LogP) is 3.31. The lowest BCUT2D eigenvalue weighted by molar-refractivity contribution is 1.08. The zero-order chi connectivity index (χ0) is 13.4. The number of rotatable bonds is 2. The molecule has 3 nitrogen and oxygen atoms in total. The van der Waals surface area contributed by atoms with E-state index in [0.29, 0.717) is 6.54 Å². The summed E-state index contributed by atoms with van der Waals surface area (Å²) < 4.78 is 0. The maximum Gasteiger partial charge on any atom is 0.138 e. The molecule has 2 aromatic carbocycles. The van der Waals surface area contributed by atoms with Crippen molar-refractivity contribution in [2.45, 2.75) is 20.4 Å². The lowest BCUT2D eigenvalue weighted by atomic mass is 10.1. The van der Waals surface area contributed by atoms with Crippen LogP contribution in [-0.4, -0.2) is 9.97 Å². The van der Waals surface area contributed by atoms with Gasteiger partial charge in [-0.15, -0.1) is 0 Å². The topological polar surface area (TPSA) is 54.7 Å². The number of para-hydroxylation sites is 1. The molecule has 0 atom stereocenters. The summed E-state index contributed by atoms with van der Waals surface area (Å²) in [7, 11) is 0. The Hall–Kier alpha value is -2.13. The molecule has 1 aromatic heterocycles. The van der Waals surface area contributed by atoms with Crippen molar-refractivity contribution in [3.63, 3.8) is 0 Å². The summed E-state index contributed by atoms with van der Waals surface area (Å²) >= 11 is 0. The first kappa shape index (κ1) is 11.9. The molecule has 1 heterocycles. The number of nitrogens with two attached hydrogens (primary N) is 1. The molecule has 0 fully saturated rings. The molecule has 3 N–H and O–H groups in total. The molecule has 0 unspecified atom stereocenters. The number of aryl methyl sites for hydroxylation is 2. The van der Waals surface area contributed by atoms with Gasteiger partial charge in [0.1, 0.15) is 5.82 Å². The molecule has 0 spiro atoms. The highest BCUT2D eigenvalue weighted by atomic mass is 14.9. The summed E-state index contributed by atoms with van der Waals surface area (Å²) in [6, 6.07) is 12.4. The van der Waals surface area contributed by atoms with Gasteiger partial charge in [0, 0.05) is 12.1 Å². The van der Waals surface area contributed by atoms with E-state index in [0.717, 1.165) is 28.0 Å². The summed E-state index contributed by atoms with van der Waals surface area (Å²) in [5.41, 5.74) is 12.5. The van der Waals surface area contributed by atoms with E-state index in [-0.39, 0.29) is 0 Å². The third-order valence-electron chi connectivity index (χ3n) is 3.60. The summed E-state index contributed by atoms with van der Waals surface area (Å²) in [5.74, 6) is 0.902. The van der Waals surface area contributed by atoms with E-state index in [1.54, 1.807) is 0 Å². The second-order valence-electron chi connectivity index (χ2n) is 4.90. The number of imidazole rings is 1. The van der Waals surface area contributed by atoms with Crippen molar-refractivity contribution in [3.05, 3.63) is 53.1 Å². The monoisotopic (exact) mass is 251 g/mol. The van der Waals surface area contributed by atoms with Crippen LogP contribution in [0.1, 0.15) is 16.7 Å². The zero-order valence-electron chi connectivity index (χ0n) is 11.2. The smallest absolute Gasteiger partial charge is 0.138 e. The molecule has 96 valence electrons. The van der Waals surface area contributed by atoms with Crippen LogP contribution in [0.4, 0.5) is 0 Å². The van der Waals surface area contributed by atoms with Gasteiger partial charge in [-0.05, 0) is 42.7 Å². The first-order valence-corrected chi connectivity index (χ1v) is 6.44. The quantitative estimate of drug-likeness (QED) is 0.734. The van der Waals surface area contributed by atoms with Crippen molar-refractivity contribution in [1.29, 1.82) is 0 Å². The van der Waals surface area contributed by atoms with Crippen molar-refractivity contribution < 1.29 is 0 Å². The van der Waals surface area contributed by atoms with Gasteiger partial charge >= 0.3 is 0 Å². The third kappa shape index (κ3) is 2.02. The number of hydrogen-bond donors (Lipinski definition) is 2. The molecule has 0 bridgehead atoms. The van der Waals surface area contributed by atoms with Gasteiger partial charge in [-0.25, -0.2) is 4.98 Å². The summed E-state index contributed by atoms with van der Waals surface area (Å²) in [4.78, 5) is 8.06. The molecular formula is C16H17N3. The van der Waals surface area contributed by atoms with Crippen molar-refractivity contribution in [3.8, 4) is 11.4 Å². The van der Waals surface area contributed by atoms with Crippen molar-refractivity contribution >= 4 is 11.0 Å². The van der Waals surface area contributed by atoms with E-state index in [1.165, 1.54) is 11.1 Å². The van der Waals surface area contributed by atoms with Gasteiger partial charge in [0.05, 0.1) is 11.0 Å². The summed E-state index contributed by atoms with van der Waals surface area (Å²) in [6.07, 6.45) is 0. The fourth-order valence-electron chi connectivity index (χ4n) is 2.28. The van der Waals surface area contributed by atoms with Gasteiger partial charge in [-0.1, -0.05) is 24.3 Å². The number of nitrogens with one attached hydrogen (secondary N) is 1. The van der Waals surface area contributed by atoms with E-state index < -0.39 is 0 Å². The van der Waals surface area contributed by atoms with Crippen molar-refractivity contribution in [1.82, 2.24) is 9.97 Å².